The minimum absolute atomic E-state index is 0.321. The van der Waals surface area contributed by atoms with E-state index in [0.717, 1.165) is 15.5 Å². The highest BCUT2D eigenvalue weighted by molar-refractivity contribution is 9.10. The van der Waals surface area contributed by atoms with Crippen molar-refractivity contribution in [1.82, 2.24) is 4.72 Å². The molecule has 1 aliphatic rings. The fourth-order valence-corrected chi connectivity index (χ4v) is 4.80. The van der Waals surface area contributed by atoms with Crippen LogP contribution in [0.3, 0.4) is 0 Å². The van der Waals surface area contributed by atoms with E-state index >= 15 is 0 Å². The molecular formula is C13H18BrNO2S2. The average Bonchev–Trinajstić information content (AvgIpc) is 2.88. The maximum Gasteiger partial charge on any atom is 0.240 e. The Kier molecular flexibility index (Phi) is 5.74. The molecule has 1 N–H and O–H groups in total. The highest BCUT2D eigenvalue weighted by Crippen LogP contribution is 2.28. The van der Waals surface area contributed by atoms with Crippen LogP contribution in [0.15, 0.2) is 33.6 Å². The van der Waals surface area contributed by atoms with Gasteiger partial charge in [-0.05, 0) is 37.1 Å². The highest BCUT2D eigenvalue weighted by Gasteiger charge is 2.16. The zero-order valence-corrected chi connectivity index (χ0v) is 13.9. The van der Waals surface area contributed by atoms with Gasteiger partial charge in [-0.3, -0.25) is 0 Å². The summed E-state index contributed by atoms with van der Waals surface area (Å²) in [7, 11) is -3.36. The van der Waals surface area contributed by atoms with E-state index in [0.29, 0.717) is 11.4 Å². The average molecular weight is 364 g/mol. The van der Waals surface area contributed by atoms with Crippen LogP contribution in [0.4, 0.5) is 0 Å². The molecule has 0 spiro atoms. The summed E-state index contributed by atoms with van der Waals surface area (Å²) in [6.07, 6.45) is 5.21. The van der Waals surface area contributed by atoms with E-state index in [4.69, 9.17) is 0 Å². The molecule has 3 nitrogen and oxygen atoms in total. The summed E-state index contributed by atoms with van der Waals surface area (Å²) in [6.45, 7) is 0.500. The Balaban J connectivity index is 1.79. The second kappa shape index (κ2) is 7.11. The van der Waals surface area contributed by atoms with Gasteiger partial charge in [0.05, 0.1) is 4.90 Å². The van der Waals surface area contributed by atoms with Gasteiger partial charge in [0.1, 0.15) is 0 Å². The fourth-order valence-electron chi connectivity index (χ4n) is 2.15. The van der Waals surface area contributed by atoms with Crippen molar-refractivity contribution < 1.29 is 8.42 Å². The number of rotatable bonds is 6. The van der Waals surface area contributed by atoms with Gasteiger partial charge < -0.3 is 0 Å². The summed E-state index contributed by atoms with van der Waals surface area (Å²) < 4.78 is 27.5. The van der Waals surface area contributed by atoms with Gasteiger partial charge in [0.2, 0.25) is 10.0 Å². The van der Waals surface area contributed by atoms with E-state index < -0.39 is 10.0 Å². The van der Waals surface area contributed by atoms with E-state index in [-0.39, 0.29) is 0 Å². The lowest BCUT2D eigenvalue weighted by Crippen LogP contribution is -2.26. The number of hydrogen-bond donors (Lipinski definition) is 1. The molecule has 0 unspecified atom stereocenters. The van der Waals surface area contributed by atoms with Crippen LogP contribution in [0.2, 0.25) is 0 Å². The largest absolute Gasteiger partial charge is 0.240 e. The van der Waals surface area contributed by atoms with Crippen LogP contribution in [0.5, 0.6) is 0 Å². The number of sulfonamides is 1. The van der Waals surface area contributed by atoms with Crippen LogP contribution < -0.4 is 4.72 Å². The predicted octanol–water partition coefficient (Wildman–Crippen LogP) is 3.40. The Labute approximate surface area is 127 Å². The van der Waals surface area contributed by atoms with Crippen LogP contribution in [0.1, 0.15) is 25.7 Å². The van der Waals surface area contributed by atoms with Gasteiger partial charge in [0, 0.05) is 22.0 Å². The molecule has 1 saturated carbocycles. The van der Waals surface area contributed by atoms with Crippen LogP contribution in [0.25, 0.3) is 0 Å². The van der Waals surface area contributed by atoms with Crippen molar-refractivity contribution in [3.8, 4) is 0 Å². The summed E-state index contributed by atoms with van der Waals surface area (Å²) in [5.74, 6) is 0.848. The van der Waals surface area contributed by atoms with Crippen molar-refractivity contribution in [2.45, 2.75) is 35.8 Å². The summed E-state index contributed by atoms with van der Waals surface area (Å²) in [5.41, 5.74) is 0. The summed E-state index contributed by atoms with van der Waals surface area (Å²) in [5, 5.41) is 0.734. The van der Waals surface area contributed by atoms with Crippen LogP contribution in [-0.4, -0.2) is 26.0 Å². The first-order valence-corrected chi connectivity index (χ1v) is 9.77. The van der Waals surface area contributed by atoms with Gasteiger partial charge in [0.25, 0.3) is 0 Å². The highest BCUT2D eigenvalue weighted by atomic mass is 79.9. The monoisotopic (exact) mass is 363 g/mol. The topological polar surface area (TPSA) is 46.2 Å². The Hall–Kier alpha value is -0.0400. The molecule has 1 fully saturated rings. The number of hydrogen-bond acceptors (Lipinski definition) is 3. The minimum atomic E-state index is -3.36. The van der Waals surface area contributed by atoms with Crippen molar-refractivity contribution in [3.63, 3.8) is 0 Å². The third-order valence-corrected chi connectivity index (χ3v) is 6.56. The Morgan fingerprint density at radius 2 is 1.84 bits per heavy atom. The van der Waals surface area contributed by atoms with Gasteiger partial charge in [-0.25, -0.2) is 13.1 Å². The Morgan fingerprint density at radius 1 is 1.21 bits per heavy atom. The van der Waals surface area contributed by atoms with Crippen LogP contribution in [0, 0.1) is 0 Å². The Morgan fingerprint density at radius 3 is 2.47 bits per heavy atom. The summed E-state index contributed by atoms with van der Waals surface area (Å²) in [4.78, 5) is 0.321. The van der Waals surface area contributed by atoms with Gasteiger partial charge in [-0.15, -0.1) is 0 Å². The van der Waals surface area contributed by atoms with Crippen LogP contribution >= 0.6 is 27.7 Å². The van der Waals surface area contributed by atoms with Gasteiger partial charge in [-0.1, -0.05) is 28.8 Å². The zero-order valence-electron chi connectivity index (χ0n) is 10.6. The van der Waals surface area contributed by atoms with E-state index in [1.54, 1.807) is 24.3 Å². The number of nitrogens with one attached hydrogen (secondary N) is 1. The molecule has 0 radical (unpaired) electrons. The molecule has 0 aliphatic heterocycles. The normalized spacial score (nSPS) is 16.9. The standard InChI is InChI=1S/C13H18BrNO2S2/c14-11-5-7-13(8-6-11)19(16,17)15-9-10-18-12-3-1-2-4-12/h5-8,12,15H,1-4,9-10H2. The van der Waals surface area contributed by atoms with Crippen LogP contribution in [-0.2, 0) is 10.0 Å². The lowest BCUT2D eigenvalue weighted by atomic mass is 10.4. The zero-order chi connectivity index (χ0) is 13.7. The molecule has 1 aromatic rings. The molecule has 6 heteroatoms. The molecule has 0 amide bonds. The molecule has 0 heterocycles. The molecule has 0 bridgehead atoms. The predicted molar refractivity (Wildman–Crippen MR) is 84.0 cm³/mol. The summed E-state index contributed by atoms with van der Waals surface area (Å²) in [6, 6.07) is 6.69. The first-order valence-electron chi connectivity index (χ1n) is 6.45. The van der Waals surface area contributed by atoms with Crippen molar-refractivity contribution in [3.05, 3.63) is 28.7 Å². The smallest absolute Gasteiger partial charge is 0.210 e. The second-order valence-corrected chi connectivity index (χ2v) is 8.72. The maximum atomic E-state index is 12.0. The van der Waals surface area contributed by atoms with Crippen molar-refractivity contribution in [2.75, 3.05) is 12.3 Å². The van der Waals surface area contributed by atoms with Crippen molar-refractivity contribution in [1.29, 1.82) is 0 Å². The molecule has 0 saturated heterocycles. The first kappa shape index (κ1) is 15.4. The number of thioether (sulfide) groups is 1. The molecule has 1 aromatic carbocycles. The van der Waals surface area contributed by atoms with Gasteiger partial charge >= 0.3 is 0 Å². The minimum Gasteiger partial charge on any atom is -0.210 e. The SMILES string of the molecule is O=S(=O)(NCCSC1CCCC1)c1ccc(Br)cc1. The summed E-state index contributed by atoms with van der Waals surface area (Å²) >= 11 is 5.18. The lowest BCUT2D eigenvalue weighted by Gasteiger charge is -2.10. The van der Waals surface area contributed by atoms with Crippen molar-refractivity contribution >= 4 is 37.7 Å². The number of halogens is 1. The van der Waals surface area contributed by atoms with E-state index in [1.807, 2.05) is 11.8 Å². The third-order valence-electron chi connectivity index (χ3n) is 3.17. The van der Waals surface area contributed by atoms with E-state index in [2.05, 4.69) is 20.7 Å². The van der Waals surface area contributed by atoms with Crippen molar-refractivity contribution in [2.24, 2.45) is 0 Å². The molecule has 19 heavy (non-hydrogen) atoms. The fraction of sp³-hybridized carbons (Fsp3) is 0.538. The molecular weight excluding hydrogens is 346 g/mol. The van der Waals surface area contributed by atoms with E-state index in [9.17, 15) is 8.42 Å². The molecule has 0 atom stereocenters. The molecule has 0 aromatic heterocycles. The lowest BCUT2D eigenvalue weighted by molar-refractivity contribution is 0.584. The third kappa shape index (κ3) is 4.77. The van der Waals surface area contributed by atoms with Gasteiger partial charge in [-0.2, -0.15) is 11.8 Å². The first-order chi connectivity index (χ1) is 9.08. The molecule has 1 aliphatic carbocycles. The number of benzene rings is 1. The quantitative estimate of drug-likeness (QED) is 0.787. The van der Waals surface area contributed by atoms with Gasteiger partial charge in [0.15, 0.2) is 0 Å². The second-order valence-electron chi connectivity index (χ2n) is 4.63. The van der Waals surface area contributed by atoms with E-state index in [1.165, 1.54) is 25.7 Å². The maximum absolute atomic E-state index is 12.0. The molecule has 2 rings (SSSR count). The Bertz CT molecular complexity index is 496. The molecule has 106 valence electrons.